The second-order valence-corrected chi connectivity index (χ2v) is 10.8. The molecule has 0 N–H and O–H groups in total. The number of nitrogens with zero attached hydrogens (tertiary/aromatic N) is 3. The molecule has 29 heavy (non-hydrogen) atoms. The van der Waals surface area contributed by atoms with E-state index in [1.165, 1.54) is 40.7 Å². The Kier molecular flexibility index (Phi) is 6.01. The van der Waals surface area contributed by atoms with Crippen molar-refractivity contribution in [3.05, 3.63) is 54.6 Å². The minimum absolute atomic E-state index is 0.0479. The van der Waals surface area contributed by atoms with Crippen LogP contribution >= 0.6 is 0 Å². The summed E-state index contributed by atoms with van der Waals surface area (Å²) in [6.07, 6.45) is 2.72. The number of amides is 1. The monoisotopic (exact) mass is 441 g/mol. The number of sulfonamides is 1. The number of carbonyl (C=O) groups excluding carboxylic acids is 1. The number of hydrogen-bond acceptors (Lipinski definition) is 6. The fraction of sp³-hybridized carbons (Fsp3) is 0.333. The first-order valence-corrected chi connectivity index (χ1v) is 11.8. The summed E-state index contributed by atoms with van der Waals surface area (Å²) >= 11 is 0. The highest BCUT2D eigenvalue weighted by Crippen LogP contribution is 2.21. The number of benzene rings is 1. The fourth-order valence-corrected chi connectivity index (χ4v) is 5.74. The van der Waals surface area contributed by atoms with E-state index < -0.39 is 36.8 Å². The molecule has 8 nitrogen and oxygen atoms in total. The van der Waals surface area contributed by atoms with Crippen LogP contribution in [0.15, 0.2) is 58.6 Å². The molecular weight excluding hydrogens is 421 g/mol. The van der Waals surface area contributed by atoms with Crippen LogP contribution in [-0.4, -0.2) is 68.4 Å². The molecule has 1 aliphatic heterocycles. The van der Waals surface area contributed by atoms with Gasteiger partial charge in [-0.1, -0.05) is 0 Å². The maximum absolute atomic E-state index is 13.1. The molecule has 0 radical (unpaired) electrons. The SMILES string of the molecule is CC(C(=O)N1CCN(S(=O)(=O)c2cccnc2)CC1)S(=O)(=O)c1ccc(F)cc1. The molecule has 3 rings (SSSR count). The van der Waals surface area contributed by atoms with Crippen molar-refractivity contribution in [3.8, 4) is 0 Å². The van der Waals surface area contributed by atoms with E-state index in [2.05, 4.69) is 4.98 Å². The lowest BCUT2D eigenvalue weighted by molar-refractivity contribution is -0.131. The Bertz CT molecular complexity index is 1080. The molecule has 1 fully saturated rings. The van der Waals surface area contributed by atoms with Crippen LogP contribution in [0.25, 0.3) is 0 Å². The van der Waals surface area contributed by atoms with Crippen molar-refractivity contribution >= 4 is 25.8 Å². The van der Waals surface area contributed by atoms with Crippen LogP contribution in [0.3, 0.4) is 0 Å². The lowest BCUT2D eigenvalue weighted by Gasteiger charge is -2.35. The zero-order valence-corrected chi connectivity index (χ0v) is 17.2. The maximum atomic E-state index is 13.1. The summed E-state index contributed by atoms with van der Waals surface area (Å²) in [4.78, 5) is 17.8. The third-order valence-corrected chi connectivity index (χ3v) is 8.72. The lowest BCUT2D eigenvalue weighted by atomic mass is 10.3. The number of aromatic nitrogens is 1. The zero-order valence-electron chi connectivity index (χ0n) is 15.6. The lowest BCUT2D eigenvalue weighted by Crippen LogP contribution is -2.53. The van der Waals surface area contributed by atoms with Crippen molar-refractivity contribution in [2.45, 2.75) is 22.0 Å². The summed E-state index contributed by atoms with van der Waals surface area (Å²) in [7, 11) is -7.71. The summed E-state index contributed by atoms with van der Waals surface area (Å²) in [5, 5.41) is -1.37. The van der Waals surface area contributed by atoms with E-state index in [-0.39, 0.29) is 36.0 Å². The van der Waals surface area contributed by atoms with Crippen molar-refractivity contribution in [2.75, 3.05) is 26.2 Å². The van der Waals surface area contributed by atoms with Gasteiger partial charge in [0.05, 0.1) is 4.90 Å². The van der Waals surface area contributed by atoms with E-state index in [9.17, 15) is 26.0 Å². The molecule has 1 aliphatic rings. The minimum atomic E-state index is -3.99. The number of carbonyl (C=O) groups is 1. The minimum Gasteiger partial charge on any atom is -0.339 e. The van der Waals surface area contributed by atoms with E-state index >= 15 is 0 Å². The molecule has 1 aromatic carbocycles. The van der Waals surface area contributed by atoms with Crippen LogP contribution in [0.5, 0.6) is 0 Å². The fourth-order valence-electron chi connectivity index (χ4n) is 3.02. The first-order chi connectivity index (χ1) is 13.6. The first kappa shape index (κ1) is 21.3. The maximum Gasteiger partial charge on any atom is 0.244 e. The number of piperazine rings is 1. The van der Waals surface area contributed by atoms with Crippen molar-refractivity contribution in [1.82, 2.24) is 14.2 Å². The van der Waals surface area contributed by atoms with Gasteiger partial charge in [0.25, 0.3) is 0 Å². The number of sulfone groups is 1. The van der Waals surface area contributed by atoms with Gasteiger partial charge in [-0.25, -0.2) is 21.2 Å². The van der Waals surface area contributed by atoms with Gasteiger partial charge in [0.15, 0.2) is 9.84 Å². The smallest absolute Gasteiger partial charge is 0.244 e. The van der Waals surface area contributed by atoms with Crippen LogP contribution in [0.1, 0.15) is 6.92 Å². The number of pyridine rings is 1. The van der Waals surface area contributed by atoms with Gasteiger partial charge in [0.2, 0.25) is 15.9 Å². The summed E-state index contributed by atoms with van der Waals surface area (Å²) in [5.41, 5.74) is 0. The highest BCUT2D eigenvalue weighted by atomic mass is 32.2. The third kappa shape index (κ3) is 4.31. The topological polar surface area (TPSA) is 105 Å². The molecule has 156 valence electrons. The zero-order chi connectivity index (χ0) is 21.2. The Balaban J connectivity index is 1.69. The summed E-state index contributed by atoms with van der Waals surface area (Å²) in [6.45, 7) is 1.52. The molecule has 1 unspecified atom stereocenters. The summed E-state index contributed by atoms with van der Waals surface area (Å²) in [5.74, 6) is -1.19. The quantitative estimate of drug-likeness (QED) is 0.639. The summed E-state index contributed by atoms with van der Waals surface area (Å²) in [6, 6.07) is 7.24. The van der Waals surface area contributed by atoms with Crippen LogP contribution in [0.2, 0.25) is 0 Å². The summed E-state index contributed by atoms with van der Waals surface area (Å²) < 4.78 is 64.9. The van der Waals surface area contributed by atoms with Gasteiger partial charge in [-0.3, -0.25) is 9.78 Å². The predicted octanol–water partition coefficient (Wildman–Crippen LogP) is 0.916. The standard InChI is InChI=1S/C18H20FN3O5S2/c1-14(28(24,25)16-6-4-15(19)5-7-16)18(23)21-9-11-22(12-10-21)29(26,27)17-3-2-8-20-13-17/h2-8,13-14H,9-12H2,1H3. The van der Waals surface area contributed by atoms with Crippen molar-refractivity contribution in [3.63, 3.8) is 0 Å². The molecule has 1 atom stereocenters. The van der Waals surface area contributed by atoms with E-state index in [4.69, 9.17) is 0 Å². The van der Waals surface area contributed by atoms with Gasteiger partial charge in [-0.2, -0.15) is 4.31 Å². The van der Waals surface area contributed by atoms with Crippen LogP contribution in [-0.2, 0) is 24.7 Å². The second-order valence-electron chi connectivity index (χ2n) is 6.56. The first-order valence-electron chi connectivity index (χ1n) is 8.82. The molecule has 1 aromatic heterocycles. The van der Waals surface area contributed by atoms with Gasteiger partial charge in [0.1, 0.15) is 16.0 Å². The predicted molar refractivity (Wildman–Crippen MR) is 103 cm³/mol. The number of halogens is 1. The van der Waals surface area contributed by atoms with Crippen molar-refractivity contribution in [1.29, 1.82) is 0 Å². The van der Waals surface area contributed by atoms with Crippen LogP contribution < -0.4 is 0 Å². The molecule has 0 spiro atoms. The highest BCUT2D eigenvalue weighted by Gasteiger charge is 2.36. The molecule has 11 heteroatoms. The Labute approximate surface area is 168 Å². The molecule has 1 saturated heterocycles. The third-order valence-electron chi connectivity index (χ3n) is 4.78. The molecule has 2 aromatic rings. The van der Waals surface area contributed by atoms with Crippen LogP contribution in [0.4, 0.5) is 4.39 Å². The molecular formula is C18H20FN3O5S2. The molecule has 2 heterocycles. The Morgan fingerprint density at radius 1 is 1.00 bits per heavy atom. The van der Waals surface area contributed by atoms with Gasteiger partial charge in [-0.05, 0) is 43.3 Å². The normalized spacial score (nSPS) is 17.1. The number of rotatable bonds is 5. The Morgan fingerprint density at radius 2 is 1.62 bits per heavy atom. The molecule has 0 bridgehead atoms. The highest BCUT2D eigenvalue weighted by molar-refractivity contribution is 7.92. The molecule has 0 aliphatic carbocycles. The van der Waals surface area contributed by atoms with Crippen LogP contribution in [0, 0.1) is 5.82 Å². The average Bonchev–Trinajstić information content (AvgIpc) is 2.73. The van der Waals surface area contributed by atoms with Gasteiger partial charge in [0, 0.05) is 38.6 Å². The number of hydrogen-bond donors (Lipinski definition) is 0. The molecule has 1 amide bonds. The largest absolute Gasteiger partial charge is 0.339 e. The van der Waals surface area contributed by atoms with E-state index in [1.807, 2.05) is 0 Å². The Hall–Kier alpha value is -2.37. The van der Waals surface area contributed by atoms with Crippen molar-refractivity contribution < 1.29 is 26.0 Å². The van der Waals surface area contributed by atoms with Gasteiger partial charge in [-0.15, -0.1) is 0 Å². The van der Waals surface area contributed by atoms with Gasteiger partial charge < -0.3 is 4.90 Å². The van der Waals surface area contributed by atoms with Gasteiger partial charge >= 0.3 is 0 Å². The average molecular weight is 442 g/mol. The second kappa shape index (κ2) is 8.17. The Morgan fingerprint density at radius 3 is 2.17 bits per heavy atom. The van der Waals surface area contributed by atoms with Crippen molar-refractivity contribution in [2.24, 2.45) is 0 Å². The molecule has 0 saturated carbocycles. The van der Waals surface area contributed by atoms with E-state index in [1.54, 1.807) is 0 Å². The van der Waals surface area contributed by atoms with E-state index in [0.29, 0.717) is 0 Å². The van der Waals surface area contributed by atoms with E-state index in [0.717, 1.165) is 24.3 Å².